The number of ether oxygens (including phenoxy) is 2. The second kappa shape index (κ2) is 7.73. The minimum atomic E-state index is -0.372. The van der Waals surface area contributed by atoms with E-state index in [1.165, 1.54) is 30.3 Å². The molecule has 22 heavy (non-hydrogen) atoms. The van der Waals surface area contributed by atoms with Gasteiger partial charge in [0.05, 0.1) is 5.92 Å². The van der Waals surface area contributed by atoms with Gasteiger partial charge in [0.25, 0.3) is 0 Å². The molecule has 1 aromatic carbocycles. The molecular weight excluding hydrogens is 287 g/mol. The molecule has 1 saturated carbocycles. The Labute approximate surface area is 128 Å². The second-order valence-corrected chi connectivity index (χ2v) is 5.29. The summed E-state index contributed by atoms with van der Waals surface area (Å²) < 4.78 is 23.3. The average molecular weight is 306 g/mol. The largest absolute Gasteiger partial charge is 0.459 e. The van der Waals surface area contributed by atoms with E-state index in [0.717, 1.165) is 0 Å². The first-order chi connectivity index (χ1) is 10.6. The van der Waals surface area contributed by atoms with Crippen molar-refractivity contribution in [2.24, 2.45) is 5.92 Å². The van der Waals surface area contributed by atoms with Gasteiger partial charge in [-0.2, -0.15) is 0 Å². The minimum Gasteiger partial charge on any atom is -0.459 e. The van der Waals surface area contributed by atoms with Crippen molar-refractivity contribution in [1.82, 2.24) is 0 Å². The van der Waals surface area contributed by atoms with Crippen molar-refractivity contribution in [3.05, 3.63) is 42.2 Å². The van der Waals surface area contributed by atoms with E-state index >= 15 is 0 Å². The lowest BCUT2D eigenvalue weighted by molar-refractivity contribution is -0.147. The first-order valence-electron chi connectivity index (χ1n) is 7.39. The van der Waals surface area contributed by atoms with Crippen LogP contribution in [0.15, 0.2) is 36.4 Å². The highest BCUT2D eigenvalue weighted by atomic mass is 19.1. The molecule has 0 unspecified atom stereocenters. The molecule has 118 valence electrons. The molecule has 0 N–H and O–H groups in total. The van der Waals surface area contributed by atoms with Gasteiger partial charge in [0, 0.05) is 6.08 Å². The summed E-state index contributed by atoms with van der Waals surface area (Å²) in [6, 6.07) is 5.36. The molecule has 0 bridgehead atoms. The topological polar surface area (TPSA) is 52.6 Å². The van der Waals surface area contributed by atoms with E-state index < -0.39 is 0 Å². The molecule has 4 nitrogen and oxygen atoms in total. The zero-order valence-electron chi connectivity index (χ0n) is 12.5. The Balaban J connectivity index is 1.79. The summed E-state index contributed by atoms with van der Waals surface area (Å²) in [6.45, 7) is 1.75. The van der Waals surface area contributed by atoms with E-state index in [2.05, 4.69) is 0 Å². The zero-order chi connectivity index (χ0) is 15.9. The SMILES string of the molecule is CC=CC(=O)OC1CCC(C(=O)Oc2ccc(F)cc2)CC1. The van der Waals surface area contributed by atoms with Crippen molar-refractivity contribution in [2.75, 3.05) is 0 Å². The Hall–Kier alpha value is -2.17. The molecule has 0 amide bonds. The van der Waals surface area contributed by atoms with Gasteiger partial charge in [0.2, 0.25) is 0 Å². The lowest BCUT2D eigenvalue weighted by Gasteiger charge is -2.26. The van der Waals surface area contributed by atoms with Crippen LogP contribution < -0.4 is 4.74 Å². The standard InChI is InChI=1S/C17H19FO4/c1-2-3-16(19)21-14-8-4-12(5-9-14)17(20)22-15-10-6-13(18)7-11-15/h2-3,6-7,10-12,14H,4-5,8-9H2,1H3. The molecule has 0 aromatic heterocycles. The number of hydrogen-bond acceptors (Lipinski definition) is 4. The minimum absolute atomic E-state index is 0.140. The van der Waals surface area contributed by atoms with Gasteiger partial charge in [-0.3, -0.25) is 4.79 Å². The van der Waals surface area contributed by atoms with Crippen LogP contribution in [0.5, 0.6) is 5.75 Å². The van der Waals surface area contributed by atoms with E-state index in [-0.39, 0.29) is 29.8 Å². The van der Waals surface area contributed by atoms with Gasteiger partial charge >= 0.3 is 11.9 Å². The second-order valence-electron chi connectivity index (χ2n) is 5.29. The predicted molar refractivity (Wildman–Crippen MR) is 78.7 cm³/mol. The van der Waals surface area contributed by atoms with Crippen molar-refractivity contribution in [3.63, 3.8) is 0 Å². The summed E-state index contributed by atoms with van der Waals surface area (Å²) in [7, 11) is 0. The molecular formula is C17H19FO4. The Morgan fingerprint density at radius 3 is 2.36 bits per heavy atom. The highest BCUT2D eigenvalue weighted by Gasteiger charge is 2.29. The molecule has 5 heteroatoms. The summed E-state index contributed by atoms with van der Waals surface area (Å²) >= 11 is 0. The molecule has 2 rings (SSSR count). The number of hydrogen-bond donors (Lipinski definition) is 0. The van der Waals surface area contributed by atoms with Crippen LogP contribution in [0, 0.1) is 11.7 Å². The Morgan fingerprint density at radius 1 is 1.14 bits per heavy atom. The third-order valence-electron chi connectivity index (χ3n) is 3.63. The summed E-state index contributed by atoms with van der Waals surface area (Å²) in [6.07, 6.45) is 5.40. The van der Waals surface area contributed by atoms with Crippen LogP contribution in [0.25, 0.3) is 0 Å². The average Bonchev–Trinajstić information content (AvgIpc) is 2.50. The van der Waals surface area contributed by atoms with Gasteiger partial charge in [-0.1, -0.05) is 6.08 Å². The van der Waals surface area contributed by atoms with Crippen molar-refractivity contribution in [1.29, 1.82) is 0 Å². The quantitative estimate of drug-likeness (QED) is 0.486. The first-order valence-corrected chi connectivity index (χ1v) is 7.39. The first kappa shape index (κ1) is 16.2. The molecule has 1 aliphatic rings. The third kappa shape index (κ3) is 4.69. The van der Waals surface area contributed by atoms with Gasteiger partial charge in [0.15, 0.2) is 0 Å². The fourth-order valence-corrected chi connectivity index (χ4v) is 2.46. The maximum atomic E-state index is 12.8. The molecule has 1 fully saturated rings. The lowest BCUT2D eigenvalue weighted by atomic mass is 9.87. The Morgan fingerprint density at radius 2 is 1.77 bits per heavy atom. The van der Waals surface area contributed by atoms with Crippen LogP contribution in [0.2, 0.25) is 0 Å². The fourth-order valence-electron chi connectivity index (χ4n) is 2.46. The number of carbonyl (C=O) groups excluding carboxylic acids is 2. The Bertz CT molecular complexity index is 542. The van der Waals surface area contributed by atoms with Gasteiger partial charge in [-0.05, 0) is 56.9 Å². The lowest BCUT2D eigenvalue weighted by Crippen LogP contribution is -2.29. The van der Waals surface area contributed by atoms with Gasteiger partial charge in [0.1, 0.15) is 17.7 Å². The molecule has 0 heterocycles. The number of esters is 2. The molecule has 0 saturated heterocycles. The van der Waals surface area contributed by atoms with Crippen LogP contribution in [0.1, 0.15) is 32.6 Å². The van der Waals surface area contributed by atoms with Gasteiger partial charge in [-0.15, -0.1) is 0 Å². The molecule has 0 aliphatic heterocycles. The predicted octanol–water partition coefficient (Wildman–Crippen LogP) is 3.41. The van der Waals surface area contributed by atoms with Crippen LogP contribution >= 0.6 is 0 Å². The monoisotopic (exact) mass is 306 g/mol. The number of carbonyl (C=O) groups is 2. The zero-order valence-corrected chi connectivity index (χ0v) is 12.5. The molecule has 0 atom stereocenters. The number of benzene rings is 1. The van der Waals surface area contributed by atoms with E-state index in [1.54, 1.807) is 13.0 Å². The molecule has 1 aromatic rings. The normalized spacial score (nSPS) is 21.5. The van der Waals surface area contributed by atoms with E-state index in [9.17, 15) is 14.0 Å². The molecule has 0 spiro atoms. The Kier molecular flexibility index (Phi) is 5.69. The van der Waals surface area contributed by atoms with Crippen LogP contribution in [0.3, 0.4) is 0 Å². The summed E-state index contributed by atoms with van der Waals surface area (Å²) in [5.41, 5.74) is 0. The maximum Gasteiger partial charge on any atom is 0.330 e. The van der Waals surface area contributed by atoms with Crippen molar-refractivity contribution >= 4 is 11.9 Å². The van der Waals surface area contributed by atoms with Crippen molar-refractivity contribution < 1.29 is 23.5 Å². The van der Waals surface area contributed by atoms with Gasteiger partial charge < -0.3 is 9.47 Å². The third-order valence-corrected chi connectivity index (χ3v) is 3.63. The smallest absolute Gasteiger partial charge is 0.330 e. The molecule has 1 aliphatic carbocycles. The van der Waals surface area contributed by atoms with Crippen LogP contribution in [-0.4, -0.2) is 18.0 Å². The van der Waals surface area contributed by atoms with Crippen molar-refractivity contribution in [3.8, 4) is 5.75 Å². The van der Waals surface area contributed by atoms with E-state index in [1.807, 2.05) is 0 Å². The summed E-state index contributed by atoms with van der Waals surface area (Å²) in [4.78, 5) is 23.4. The van der Waals surface area contributed by atoms with E-state index in [0.29, 0.717) is 31.4 Å². The highest BCUT2D eigenvalue weighted by Crippen LogP contribution is 2.28. The number of halogens is 1. The summed E-state index contributed by atoms with van der Waals surface area (Å²) in [5.74, 6) is -0.900. The van der Waals surface area contributed by atoms with Crippen LogP contribution in [-0.2, 0) is 14.3 Å². The van der Waals surface area contributed by atoms with Crippen LogP contribution in [0.4, 0.5) is 4.39 Å². The number of allylic oxidation sites excluding steroid dienone is 1. The van der Waals surface area contributed by atoms with E-state index in [4.69, 9.17) is 9.47 Å². The summed E-state index contributed by atoms with van der Waals surface area (Å²) in [5, 5.41) is 0. The molecule has 0 radical (unpaired) electrons. The van der Waals surface area contributed by atoms with Crippen molar-refractivity contribution in [2.45, 2.75) is 38.7 Å². The maximum absolute atomic E-state index is 12.8. The fraction of sp³-hybridized carbons (Fsp3) is 0.412. The van der Waals surface area contributed by atoms with Gasteiger partial charge in [-0.25, -0.2) is 9.18 Å². The number of rotatable bonds is 4. The highest BCUT2D eigenvalue weighted by molar-refractivity contribution is 5.82.